The molecule has 3 aliphatic rings. The molecule has 2 aromatic rings. The summed E-state index contributed by atoms with van der Waals surface area (Å²) in [5.41, 5.74) is 4.16. The van der Waals surface area contributed by atoms with Crippen LogP contribution < -0.4 is 14.4 Å². The highest BCUT2D eigenvalue weighted by atomic mass is 16.7. The Labute approximate surface area is 149 Å². The number of β-amino-alcohol motifs (C(OH)–C–C–N with tert-alkyl or cyclic N) is 1. The van der Waals surface area contributed by atoms with Gasteiger partial charge in [-0.3, -0.25) is 4.98 Å². The molecule has 7 nitrogen and oxygen atoms in total. The summed E-state index contributed by atoms with van der Waals surface area (Å²) in [6.07, 6.45) is 3.42. The number of benzene rings is 1. The number of nitrogens with zero attached hydrogens (tertiary/aromatic N) is 2. The second-order valence-corrected chi connectivity index (χ2v) is 6.29. The number of anilines is 1. The smallest absolute Gasteiger partial charge is 0.337 e. The van der Waals surface area contributed by atoms with E-state index in [2.05, 4.69) is 4.98 Å². The number of hydrogen-bond donors (Lipinski definition) is 1. The number of hydrogen-bond acceptors (Lipinski definition) is 7. The van der Waals surface area contributed by atoms with Crippen LogP contribution in [-0.2, 0) is 9.53 Å². The highest BCUT2D eigenvalue weighted by Crippen LogP contribution is 2.51. The Kier molecular flexibility index (Phi) is 3.36. The lowest BCUT2D eigenvalue weighted by Gasteiger charge is -2.35. The Balaban J connectivity index is 1.77. The van der Waals surface area contributed by atoms with Gasteiger partial charge < -0.3 is 24.2 Å². The van der Waals surface area contributed by atoms with Crippen molar-refractivity contribution >= 4 is 11.7 Å². The van der Waals surface area contributed by atoms with Crippen LogP contribution in [0.5, 0.6) is 11.5 Å². The Morgan fingerprint density at radius 3 is 2.69 bits per heavy atom. The number of rotatable bonds is 3. The molecule has 0 saturated carbocycles. The summed E-state index contributed by atoms with van der Waals surface area (Å²) in [4.78, 5) is 18.6. The molecule has 1 N–H and O–H groups in total. The lowest BCUT2D eigenvalue weighted by atomic mass is 9.80. The second-order valence-electron chi connectivity index (χ2n) is 6.29. The topological polar surface area (TPSA) is 81.1 Å². The first-order valence-corrected chi connectivity index (χ1v) is 8.40. The first-order valence-electron chi connectivity index (χ1n) is 8.40. The zero-order chi connectivity index (χ0) is 17.7. The van der Waals surface area contributed by atoms with Crippen LogP contribution in [0.15, 0.2) is 47.9 Å². The van der Waals surface area contributed by atoms with Gasteiger partial charge in [-0.2, -0.15) is 0 Å². The van der Waals surface area contributed by atoms with E-state index in [-0.39, 0.29) is 31.9 Å². The standard InChI is InChI=1S/C19H16N2O5/c22-6-5-21-13-8-16-15(25-10-26-16)7-12(13)17(11-1-3-20-4-2-11)18-14(21)9-24-19(18)23/h1-4,7-8,17,22H,5-6,9-10H2. The Morgan fingerprint density at radius 2 is 1.92 bits per heavy atom. The van der Waals surface area contributed by atoms with E-state index < -0.39 is 0 Å². The van der Waals surface area contributed by atoms with E-state index in [4.69, 9.17) is 14.2 Å². The molecule has 1 atom stereocenters. The van der Waals surface area contributed by atoms with E-state index in [1.807, 2.05) is 29.2 Å². The molecule has 7 heteroatoms. The molecule has 132 valence electrons. The van der Waals surface area contributed by atoms with Crippen LogP contribution in [0.3, 0.4) is 0 Å². The van der Waals surface area contributed by atoms with Crippen LogP contribution in [0, 0.1) is 0 Å². The quantitative estimate of drug-likeness (QED) is 0.840. The van der Waals surface area contributed by atoms with Crippen molar-refractivity contribution in [3.05, 3.63) is 59.1 Å². The molecule has 0 spiro atoms. The molecule has 1 unspecified atom stereocenters. The zero-order valence-corrected chi connectivity index (χ0v) is 13.8. The van der Waals surface area contributed by atoms with E-state index in [9.17, 15) is 9.90 Å². The van der Waals surface area contributed by atoms with Crippen LogP contribution in [0.2, 0.25) is 0 Å². The monoisotopic (exact) mass is 352 g/mol. The minimum Gasteiger partial charge on any atom is -0.456 e. The van der Waals surface area contributed by atoms with E-state index in [1.165, 1.54) is 0 Å². The molecule has 0 saturated heterocycles. The van der Waals surface area contributed by atoms with Crippen LogP contribution >= 0.6 is 0 Å². The summed E-state index contributed by atoms with van der Waals surface area (Å²) < 4.78 is 16.4. The van der Waals surface area contributed by atoms with Crippen molar-refractivity contribution in [1.82, 2.24) is 4.98 Å². The summed E-state index contributed by atoms with van der Waals surface area (Å²) in [6.45, 7) is 0.695. The third-order valence-electron chi connectivity index (χ3n) is 4.97. The number of carbonyl (C=O) groups is 1. The van der Waals surface area contributed by atoms with E-state index in [0.29, 0.717) is 23.6 Å². The molecule has 3 aliphatic heterocycles. The van der Waals surface area contributed by atoms with Gasteiger partial charge in [-0.25, -0.2) is 4.79 Å². The van der Waals surface area contributed by atoms with Gasteiger partial charge in [0.05, 0.1) is 17.9 Å². The van der Waals surface area contributed by atoms with Gasteiger partial charge in [-0.1, -0.05) is 0 Å². The molecule has 26 heavy (non-hydrogen) atoms. The molecular formula is C19H16N2O5. The summed E-state index contributed by atoms with van der Waals surface area (Å²) in [6, 6.07) is 7.63. The molecule has 1 aromatic heterocycles. The fraction of sp³-hybridized carbons (Fsp3) is 0.263. The minimum absolute atomic E-state index is 0.0429. The Morgan fingerprint density at radius 1 is 1.15 bits per heavy atom. The van der Waals surface area contributed by atoms with Gasteiger partial charge in [0, 0.05) is 36.6 Å². The number of cyclic esters (lactones) is 1. The predicted octanol–water partition coefficient (Wildman–Crippen LogP) is 1.57. The first kappa shape index (κ1) is 15.2. The normalized spacial score (nSPS) is 20.1. The molecule has 0 aliphatic carbocycles. The summed E-state index contributed by atoms with van der Waals surface area (Å²) in [5.74, 6) is 0.715. The van der Waals surface area contributed by atoms with Gasteiger partial charge in [0.1, 0.15) is 6.61 Å². The van der Waals surface area contributed by atoms with E-state index >= 15 is 0 Å². The van der Waals surface area contributed by atoms with Crippen molar-refractivity contribution in [2.24, 2.45) is 0 Å². The number of aliphatic hydroxyl groups excluding tert-OH is 1. The number of esters is 1. The van der Waals surface area contributed by atoms with Gasteiger partial charge in [-0.05, 0) is 29.3 Å². The molecule has 0 bridgehead atoms. The van der Waals surface area contributed by atoms with Crippen molar-refractivity contribution in [1.29, 1.82) is 0 Å². The van der Waals surface area contributed by atoms with Gasteiger partial charge in [0.25, 0.3) is 0 Å². The maximum absolute atomic E-state index is 12.5. The van der Waals surface area contributed by atoms with Crippen LogP contribution in [-0.4, -0.2) is 42.6 Å². The minimum atomic E-state index is -0.326. The number of pyridine rings is 1. The SMILES string of the molecule is O=C1OCC2=C1C(c1ccncc1)c1cc3c(cc1N2CCO)OCO3. The van der Waals surface area contributed by atoms with Crippen molar-refractivity contribution in [3.8, 4) is 11.5 Å². The predicted molar refractivity (Wildman–Crippen MR) is 91.1 cm³/mol. The van der Waals surface area contributed by atoms with Gasteiger partial charge in [0.15, 0.2) is 11.5 Å². The van der Waals surface area contributed by atoms with E-state index in [1.54, 1.807) is 12.4 Å². The zero-order valence-electron chi connectivity index (χ0n) is 13.8. The number of aromatic nitrogens is 1. The maximum Gasteiger partial charge on any atom is 0.337 e. The molecule has 1 aromatic carbocycles. The van der Waals surface area contributed by atoms with Gasteiger partial charge in [0.2, 0.25) is 6.79 Å². The number of carbonyl (C=O) groups excluding carboxylic acids is 1. The summed E-state index contributed by atoms with van der Waals surface area (Å²) >= 11 is 0. The van der Waals surface area contributed by atoms with Gasteiger partial charge in [-0.15, -0.1) is 0 Å². The van der Waals surface area contributed by atoms with Crippen molar-refractivity contribution < 1.29 is 24.1 Å². The Hall–Kier alpha value is -3.06. The fourth-order valence-electron chi connectivity index (χ4n) is 3.89. The van der Waals surface area contributed by atoms with Gasteiger partial charge >= 0.3 is 5.97 Å². The highest BCUT2D eigenvalue weighted by molar-refractivity contribution is 5.97. The van der Waals surface area contributed by atoms with Crippen LogP contribution in [0.4, 0.5) is 5.69 Å². The number of aliphatic hydroxyl groups is 1. The molecule has 0 radical (unpaired) electrons. The first-order chi connectivity index (χ1) is 12.8. The Bertz CT molecular complexity index is 925. The van der Waals surface area contributed by atoms with Crippen LogP contribution in [0.25, 0.3) is 0 Å². The summed E-state index contributed by atoms with van der Waals surface area (Å²) in [5, 5.41) is 9.55. The third kappa shape index (κ3) is 2.10. The van der Waals surface area contributed by atoms with E-state index in [0.717, 1.165) is 22.5 Å². The average molecular weight is 352 g/mol. The molecule has 0 amide bonds. The number of ether oxygens (including phenoxy) is 3. The molecule has 0 fully saturated rings. The number of fused-ring (bicyclic) bond motifs is 2. The molecule has 4 heterocycles. The lowest BCUT2D eigenvalue weighted by molar-refractivity contribution is -0.136. The van der Waals surface area contributed by atoms with Crippen molar-refractivity contribution in [3.63, 3.8) is 0 Å². The van der Waals surface area contributed by atoms with Crippen LogP contribution in [0.1, 0.15) is 17.0 Å². The summed E-state index contributed by atoms with van der Waals surface area (Å²) in [7, 11) is 0. The maximum atomic E-state index is 12.5. The van der Waals surface area contributed by atoms with Crippen molar-refractivity contribution in [2.45, 2.75) is 5.92 Å². The molecular weight excluding hydrogens is 336 g/mol. The lowest BCUT2D eigenvalue weighted by Crippen LogP contribution is -2.33. The second kappa shape index (κ2) is 5.74. The van der Waals surface area contributed by atoms with Crippen molar-refractivity contribution in [2.75, 3.05) is 31.5 Å². The largest absolute Gasteiger partial charge is 0.456 e. The third-order valence-corrected chi connectivity index (χ3v) is 4.97. The highest BCUT2D eigenvalue weighted by Gasteiger charge is 2.42. The fourth-order valence-corrected chi connectivity index (χ4v) is 3.89. The average Bonchev–Trinajstić information content (AvgIpc) is 3.28. The molecule has 5 rings (SSSR count).